The SMILES string of the molecule is CCCCc1nc(-c2cnccn2)cn1Cc1ccc(-c2ccc(-c3nnnn3C(c3ccccc3)(c3ccccc3)c3ccccc3)cc2)cc1. The first-order valence-corrected chi connectivity index (χ1v) is 17.7. The van der Waals surface area contributed by atoms with Crippen molar-refractivity contribution in [3.8, 4) is 33.9 Å². The van der Waals surface area contributed by atoms with Gasteiger partial charge in [0.05, 0.1) is 6.20 Å². The summed E-state index contributed by atoms with van der Waals surface area (Å²) in [5.41, 5.74) is 8.43. The van der Waals surface area contributed by atoms with Crippen molar-refractivity contribution in [1.82, 2.24) is 39.7 Å². The maximum Gasteiger partial charge on any atom is 0.183 e. The van der Waals surface area contributed by atoms with Crippen LogP contribution in [0.3, 0.4) is 0 Å². The van der Waals surface area contributed by atoms with E-state index in [1.54, 1.807) is 18.6 Å². The lowest BCUT2D eigenvalue weighted by Crippen LogP contribution is -2.39. The first-order chi connectivity index (χ1) is 25.7. The molecule has 0 amide bonds. The molecule has 0 fully saturated rings. The van der Waals surface area contributed by atoms with Gasteiger partial charge in [0.15, 0.2) is 5.82 Å². The van der Waals surface area contributed by atoms with Gasteiger partial charge in [0.1, 0.15) is 22.8 Å². The Morgan fingerprint density at radius 1 is 0.615 bits per heavy atom. The lowest BCUT2D eigenvalue weighted by molar-refractivity contribution is 0.451. The highest BCUT2D eigenvalue weighted by molar-refractivity contribution is 5.68. The Bertz CT molecular complexity index is 2240. The van der Waals surface area contributed by atoms with E-state index in [1.165, 1.54) is 5.56 Å². The van der Waals surface area contributed by atoms with Crippen molar-refractivity contribution in [2.45, 2.75) is 38.3 Å². The van der Waals surface area contributed by atoms with Crippen molar-refractivity contribution in [1.29, 1.82) is 0 Å². The van der Waals surface area contributed by atoms with Crippen LogP contribution >= 0.6 is 0 Å². The molecule has 3 aromatic heterocycles. The van der Waals surface area contributed by atoms with Crippen LogP contribution in [0.15, 0.2) is 164 Å². The fourth-order valence-corrected chi connectivity index (χ4v) is 6.99. The lowest BCUT2D eigenvalue weighted by atomic mass is 9.77. The first kappa shape index (κ1) is 32.7. The Balaban J connectivity index is 1.10. The smallest absolute Gasteiger partial charge is 0.183 e. The van der Waals surface area contributed by atoms with Gasteiger partial charge in [-0.3, -0.25) is 9.97 Å². The van der Waals surface area contributed by atoms with Gasteiger partial charge in [-0.25, -0.2) is 9.67 Å². The molecule has 0 spiro atoms. The van der Waals surface area contributed by atoms with Gasteiger partial charge < -0.3 is 4.57 Å². The van der Waals surface area contributed by atoms with Crippen LogP contribution in [0.4, 0.5) is 0 Å². The van der Waals surface area contributed by atoms with Crippen molar-refractivity contribution in [2.24, 2.45) is 0 Å². The normalized spacial score (nSPS) is 11.5. The van der Waals surface area contributed by atoms with Crippen molar-refractivity contribution in [3.63, 3.8) is 0 Å². The summed E-state index contributed by atoms with van der Waals surface area (Å²) in [7, 11) is 0. The second-order valence-electron chi connectivity index (χ2n) is 12.9. The van der Waals surface area contributed by atoms with Crippen molar-refractivity contribution in [3.05, 3.63) is 192 Å². The van der Waals surface area contributed by atoms with E-state index in [2.05, 4.69) is 159 Å². The summed E-state index contributed by atoms with van der Waals surface area (Å²) in [5, 5.41) is 13.6. The highest BCUT2D eigenvalue weighted by Crippen LogP contribution is 2.42. The van der Waals surface area contributed by atoms with E-state index in [1.807, 2.05) is 22.9 Å². The highest BCUT2D eigenvalue weighted by Gasteiger charge is 2.41. The minimum Gasteiger partial charge on any atom is -0.330 e. The van der Waals surface area contributed by atoms with Crippen LogP contribution in [-0.4, -0.2) is 39.7 Å². The summed E-state index contributed by atoms with van der Waals surface area (Å²) in [6.45, 7) is 2.94. The van der Waals surface area contributed by atoms with E-state index >= 15 is 0 Å². The summed E-state index contributed by atoms with van der Waals surface area (Å²) in [6.07, 6.45) is 10.4. The average Bonchev–Trinajstić information content (AvgIpc) is 3.87. The van der Waals surface area contributed by atoms with Gasteiger partial charge in [-0.05, 0) is 50.2 Å². The lowest BCUT2D eigenvalue weighted by Gasteiger charge is -2.36. The maximum absolute atomic E-state index is 4.93. The minimum absolute atomic E-state index is 0.679. The fraction of sp³-hybridized carbons (Fsp3) is 0.136. The van der Waals surface area contributed by atoms with E-state index in [0.717, 1.165) is 76.4 Å². The molecule has 8 nitrogen and oxygen atoms in total. The van der Waals surface area contributed by atoms with E-state index in [4.69, 9.17) is 10.2 Å². The molecule has 8 rings (SSSR count). The third-order valence-corrected chi connectivity index (χ3v) is 9.58. The molecular formula is C44H38N8. The molecule has 0 unspecified atom stereocenters. The summed E-state index contributed by atoms with van der Waals surface area (Å²) < 4.78 is 4.21. The molecule has 5 aromatic carbocycles. The maximum atomic E-state index is 4.93. The van der Waals surface area contributed by atoms with Crippen LogP contribution in [0.5, 0.6) is 0 Å². The Morgan fingerprint density at radius 2 is 1.19 bits per heavy atom. The molecule has 0 saturated carbocycles. The zero-order chi connectivity index (χ0) is 35.2. The molecule has 0 N–H and O–H groups in total. The number of unbranched alkanes of at least 4 members (excludes halogenated alkanes) is 1. The minimum atomic E-state index is -0.808. The molecule has 8 heteroatoms. The number of hydrogen-bond donors (Lipinski definition) is 0. The predicted octanol–water partition coefficient (Wildman–Crippen LogP) is 8.89. The van der Waals surface area contributed by atoms with E-state index in [0.29, 0.717) is 5.82 Å². The molecule has 0 atom stereocenters. The Morgan fingerprint density at radius 3 is 1.75 bits per heavy atom. The Kier molecular flexibility index (Phi) is 9.26. The summed E-state index contributed by atoms with van der Waals surface area (Å²) in [4.78, 5) is 13.6. The summed E-state index contributed by atoms with van der Waals surface area (Å²) in [6, 6.07) is 48.7. The highest BCUT2D eigenvalue weighted by atomic mass is 15.6. The van der Waals surface area contributed by atoms with Crippen LogP contribution in [0, 0.1) is 0 Å². The van der Waals surface area contributed by atoms with Crippen LogP contribution in [-0.2, 0) is 18.5 Å². The van der Waals surface area contributed by atoms with Crippen LogP contribution in [0.1, 0.15) is 47.8 Å². The average molecular weight is 679 g/mol. The zero-order valence-corrected chi connectivity index (χ0v) is 29.0. The van der Waals surface area contributed by atoms with Crippen molar-refractivity contribution < 1.29 is 0 Å². The van der Waals surface area contributed by atoms with Gasteiger partial charge in [0.2, 0.25) is 0 Å². The van der Waals surface area contributed by atoms with Crippen LogP contribution < -0.4 is 0 Å². The van der Waals surface area contributed by atoms with Gasteiger partial charge in [0, 0.05) is 37.1 Å². The van der Waals surface area contributed by atoms with Gasteiger partial charge in [-0.1, -0.05) is 153 Å². The van der Waals surface area contributed by atoms with E-state index < -0.39 is 5.54 Å². The molecule has 0 aliphatic carbocycles. The zero-order valence-electron chi connectivity index (χ0n) is 29.0. The molecule has 0 bridgehead atoms. The molecule has 3 heterocycles. The van der Waals surface area contributed by atoms with Gasteiger partial charge in [-0.2, -0.15) is 0 Å². The molecular weight excluding hydrogens is 641 g/mol. The summed E-state index contributed by atoms with van der Waals surface area (Å²) >= 11 is 0. The van der Waals surface area contributed by atoms with Gasteiger partial charge in [-0.15, -0.1) is 5.10 Å². The number of hydrogen-bond acceptors (Lipinski definition) is 6. The number of imidazole rings is 1. The predicted molar refractivity (Wildman–Crippen MR) is 204 cm³/mol. The molecule has 254 valence electrons. The molecule has 0 radical (unpaired) electrons. The molecule has 52 heavy (non-hydrogen) atoms. The second kappa shape index (κ2) is 14.7. The van der Waals surface area contributed by atoms with Crippen molar-refractivity contribution in [2.75, 3.05) is 0 Å². The standard InChI is InChI=1S/C44H38N8/c1-2-3-19-42-47-41(40-30-45-28-29-46-40)32-51(42)31-33-20-22-34(23-21-33)35-24-26-36(27-25-35)43-48-49-50-52(43)44(37-13-7-4-8-14-37,38-15-9-5-10-16-38)39-17-11-6-12-18-39/h4-18,20-30,32H,2-3,19,31H2,1H3. The second-order valence-corrected chi connectivity index (χ2v) is 12.9. The first-order valence-electron chi connectivity index (χ1n) is 17.7. The number of tetrazole rings is 1. The van der Waals surface area contributed by atoms with E-state index in [9.17, 15) is 0 Å². The monoisotopic (exact) mass is 678 g/mol. The number of aromatic nitrogens is 8. The third-order valence-electron chi connectivity index (χ3n) is 9.58. The molecule has 8 aromatic rings. The number of nitrogens with zero attached hydrogens (tertiary/aromatic N) is 8. The third kappa shape index (κ3) is 6.31. The van der Waals surface area contributed by atoms with Gasteiger partial charge in [0.25, 0.3) is 0 Å². The molecule has 0 aliphatic heterocycles. The molecule has 0 saturated heterocycles. The quantitative estimate of drug-likeness (QED) is 0.120. The largest absolute Gasteiger partial charge is 0.330 e. The number of benzene rings is 5. The fourth-order valence-electron chi connectivity index (χ4n) is 6.99. The van der Waals surface area contributed by atoms with Crippen molar-refractivity contribution >= 4 is 0 Å². The Labute approximate surface area is 303 Å². The van der Waals surface area contributed by atoms with E-state index in [-0.39, 0.29) is 0 Å². The topological polar surface area (TPSA) is 87.2 Å². The molecule has 0 aliphatic rings. The van der Waals surface area contributed by atoms with Crippen LogP contribution in [0.2, 0.25) is 0 Å². The number of rotatable bonds is 12. The number of aryl methyl sites for hydroxylation is 1. The van der Waals surface area contributed by atoms with Gasteiger partial charge >= 0.3 is 0 Å². The van der Waals surface area contributed by atoms with Crippen LogP contribution in [0.25, 0.3) is 33.9 Å². The Hall–Kier alpha value is -6.54. The summed E-state index contributed by atoms with van der Waals surface area (Å²) in [5.74, 6) is 1.75.